The molecule has 59 heavy (non-hydrogen) atoms. The quantitative estimate of drug-likeness (QED) is 0.0802. The number of nitrogens with one attached hydrogen (secondary N) is 5. The van der Waals surface area contributed by atoms with E-state index in [1.807, 2.05) is 11.7 Å². The number of thiophene rings is 1. The van der Waals surface area contributed by atoms with Crippen LogP contribution in [-0.4, -0.2) is 115 Å². The lowest BCUT2D eigenvalue weighted by Crippen LogP contribution is -2.52. The molecule has 2 aliphatic heterocycles. The number of carbonyl (C=O) groups is 6. The third kappa shape index (κ3) is 10.4. The number of rotatable bonds is 18. The molecule has 0 bridgehead atoms. The molecule has 20 heteroatoms. The molecule has 1 unspecified atom stereocenters. The number of anilines is 1. The van der Waals surface area contributed by atoms with Gasteiger partial charge < -0.3 is 31.3 Å². The van der Waals surface area contributed by atoms with Gasteiger partial charge in [-0.2, -0.15) is 5.10 Å². The van der Waals surface area contributed by atoms with E-state index in [0.29, 0.717) is 79.8 Å². The largest absolute Gasteiger partial charge is 0.465 e. The van der Waals surface area contributed by atoms with Crippen LogP contribution in [0.1, 0.15) is 90.7 Å². The second kappa shape index (κ2) is 18.8. The maximum absolute atomic E-state index is 12.9. The van der Waals surface area contributed by atoms with Crippen LogP contribution in [0.3, 0.4) is 0 Å². The van der Waals surface area contributed by atoms with Crippen LogP contribution in [0.4, 0.5) is 10.7 Å². The van der Waals surface area contributed by atoms with E-state index in [0.717, 1.165) is 28.1 Å². The average molecular weight is 852 g/mol. The molecule has 3 aromatic heterocycles. The van der Waals surface area contributed by atoms with Gasteiger partial charge in [0.25, 0.3) is 5.91 Å². The van der Waals surface area contributed by atoms with Crippen molar-refractivity contribution in [2.75, 3.05) is 31.5 Å². The van der Waals surface area contributed by atoms with Crippen LogP contribution >= 0.6 is 22.9 Å². The number of piperidine rings is 1. The highest BCUT2D eigenvalue weighted by Crippen LogP contribution is 2.37. The highest BCUT2D eigenvalue weighted by molar-refractivity contribution is 7.10. The van der Waals surface area contributed by atoms with Gasteiger partial charge in [0.15, 0.2) is 0 Å². The fraction of sp³-hybridized carbons (Fsp3) is 0.564. The first kappa shape index (κ1) is 42.0. The van der Waals surface area contributed by atoms with Gasteiger partial charge in [-0.15, -0.1) is 11.3 Å². The molecular weight excluding hydrogens is 802 g/mol. The Balaban J connectivity index is 0.766. The molecular formula is C39H50ClN11O7S. The summed E-state index contributed by atoms with van der Waals surface area (Å²) < 4.78 is 1.88. The Labute approximate surface area is 350 Å². The van der Waals surface area contributed by atoms with Gasteiger partial charge in [0.1, 0.15) is 12.6 Å². The molecule has 4 aliphatic rings. The molecule has 0 spiro atoms. The molecule has 1 saturated heterocycles. The van der Waals surface area contributed by atoms with E-state index < -0.39 is 18.0 Å². The number of nitrogens with zero attached hydrogens (tertiary/aromatic N) is 6. The van der Waals surface area contributed by atoms with E-state index in [1.165, 1.54) is 34.0 Å². The van der Waals surface area contributed by atoms with Gasteiger partial charge in [-0.3, -0.25) is 38.9 Å². The van der Waals surface area contributed by atoms with Crippen LogP contribution in [0.15, 0.2) is 17.8 Å². The van der Waals surface area contributed by atoms with E-state index in [9.17, 15) is 33.9 Å². The van der Waals surface area contributed by atoms with E-state index in [2.05, 4.69) is 36.7 Å². The van der Waals surface area contributed by atoms with Crippen molar-refractivity contribution in [3.05, 3.63) is 44.5 Å². The van der Waals surface area contributed by atoms with Gasteiger partial charge in [-0.05, 0) is 82.2 Å². The van der Waals surface area contributed by atoms with Crippen LogP contribution in [0, 0.1) is 5.92 Å². The Morgan fingerprint density at radius 1 is 1.00 bits per heavy atom. The zero-order chi connectivity index (χ0) is 41.6. The van der Waals surface area contributed by atoms with Crippen LogP contribution in [0.5, 0.6) is 0 Å². The lowest BCUT2D eigenvalue weighted by atomic mass is 9.90. The van der Waals surface area contributed by atoms with Crippen LogP contribution in [0.2, 0.25) is 5.02 Å². The van der Waals surface area contributed by atoms with Crippen molar-refractivity contribution in [2.45, 2.75) is 102 Å². The summed E-state index contributed by atoms with van der Waals surface area (Å²) in [5.41, 5.74) is 3.98. The Morgan fingerprint density at radius 3 is 2.53 bits per heavy atom. The SMILES string of the molecule is Cn1ncc(-c2nc(NC3CCC(N(CC(=O)NCCCCNCC(=O)NCc4scc5c4CN(C4CCC(=O)NC4=O)C5=O)C(=O)O)CC3)ncc2Cl)c1CC1CC1. The first-order valence-corrected chi connectivity index (χ1v) is 21.5. The minimum absolute atomic E-state index is 0.0397. The summed E-state index contributed by atoms with van der Waals surface area (Å²) in [6, 6.07) is -0.935. The smallest absolute Gasteiger partial charge is 0.408 e. The standard InChI is InChI=1S/C39H50ClN11O7S/c1-49-30(14-22-4-5-22)25(15-45-49)35-28(40)16-44-38(48-35)46-23-6-8-24(9-7-23)50(39(57)58)20-34(54)42-13-3-2-12-41-18-33(53)43-17-31-26-19-51(37(56)27(26)21-59-31)29-10-11-32(52)47-36(29)55/h15-16,21-24,29,41H,2-14,17-20H2,1H3,(H,42,54)(H,43,53)(H,57,58)(H,44,46,48)(H,47,52,55). The summed E-state index contributed by atoms with van der Waals surface area (Å²) in [5.74, 6) is -0.486. The summed E-state index contributed by atoms with van der Waals surface area (Å²) in [4.78, 5) is 87.0. The van der Waals surface area contributed by atoms with Crippen LogP contribution in [0.25, 0.3) is 11.3 Å². The first-order chi connectivity index (χ1) is 28.4. The number of fused-ring (bicyclic) bond motifs is 1. The Bertz CT molecular complexity index is 2080. The minimum atomic E-state index is -1.13. The highest BCUT2D eigenvalue weighted by Gasteiger charge is 2.40. The first-order valence-electron chi connectivity index (χ1n) is 20.2. The van der Waals surface area contributed by atoms with Gasteiger partial charge in [-0.25, -0.2) is 14.8 Å². The van der Waals surface area contributed by atoms with E-state index in [4.69, 9.17) is 16.6 Å². The van der Waals surface area contributed by atoms with Crippen molar-refractivity contribution in [1.82, 2.24) is 50.8 Å². The second-order valence-electron chi connectivity index (χ2n) is 15.7. The number of halogens is 1. The molecule has 18 nitrogen and oxygen atoms in total. The molecule has 0 radical (unpaired) electrons. The number of carbonyl (C=O) groups excluding carboxylic acids is 5. The van der Waals surface area contributed by atoms with Crippen molar-refractivity contribution in [1.29, 1.82) is 0 Å². The lowest BCUT2D eigenvalue weighted by molar-refractivity contribution is -0.137. The van der Waals surface area contributed by atoms with Gasteiger partial charge in [-0.1, -0.05) is 11.6 Å². The predicted octanol–water partition coefficient (Wildman–Crippen LogP) is 2.81. The van der Waals surface area contributed by atoms with Crippen molar-refractivity contribution in [3.63, 3.8) is 0 Å². The molecule has 1 atom stereocenters. The monoisotopic (exact) mass is 851 g/mol. The number of aryl methyl sites for hydroxylation is 1. The molecule has 5 heterocycles. The number of hydrogen-bond donors (Lipinski definition) is 6. The van der Waals surface area contributed by atoms with Gasteiger partial charge in [0.05, 0.1) is 41.8 Å². The Kier molecular flexibility index (Phi) is 13.4. The highest BCUT2D eigenvalue weighted by atomic mass is 35.5. The molecule has 0 aromatic carbocycles. The third-order valence-electron chi connectivity index (χ3n) is 11.5. The number of aromatic nitrogens is 4. The van der Waals surface area contributed by atoms with Gasteiger partial charge in [0.2, 0.25) is 29.6 Å². The van der Waals surface area contributed by atoms with Crippen LogP contribution < -0.4 is 26.6 Å². The summed E-state index contributed by atoms with van der Waals surface area (Å²) >= 11 is 7.93. The van der Waals surface area contributed by atoms with Crippen LogP contribution in [-0.2, 0) is 45.7 Å². The zero-order valence-corrected chi connectivity index (χ0v) is 34.5. The van der Waals surface area contributed by atoms with Crippen molar-refractivity contribution in [3.8, 4) is 11.3 Å². The number of carboxylic acid groups (broad SMARTS) is 1. The number of amides is 6. The van der Waals surface area contributed by atoms with Gasteiger partial charge >= 0.3 is 6.09 Å². The molecule has 7 rings (SSSR count). The average Bonchev–Trinajstić information content (AvgIpc) is 3.71. The lowest BCUT2D eigenvalue weighted by Gasteiger charge is -2.35. The third-order valence-corrected chi connectivity index (χ3v) is 12.8. The fourth-order valence-electron chi connectivity index (χ4n) is 8.00. The number of hydrogen-bond acceptors (Lipinski definition) is 12. The van der Waals surface area contributed by atoms with E-state index >= 15 is 0 Å². The number of unbranched alkanes of at least 4 members (excludes halogenated alkanes) is 1. The normalized spacial score (nSPS) is 20.3. The Hall–Kier alpha value is -5.14. The van der Waals surface area contributed by atoms with Gasteiger partial charge in [0, 0.05) is 60.2 Å². The molecule has 3 aromatic rings. The van der Waals surface area contributed by atoms with Crippen molar-refractivity contribution in [2.24, 2.45) is 13.0 Å². The minimum Gasteiger partial charge on any atom is -0.465 e. The predicted molar refractivity (Wildman–Crippen MR) is 217 cm³/mol. The molecule has 3 fully saturated rings. The molecule has 6 N–H and O–H groups in total. The maximum atomic E-state index is 12.9. The fourth-order valence-corrected chi connectivity index (χ4v) is 9.17. The Morgan fingerprint density at radius 2 is 1.78 bits per heavy atom. The summed E-state index contributed by atoms with van der Waals surface area (Å²) in [5, 5.41) is 31.1. The zero-order valence-electron chi connectivity index (χ0n) is 32.9. The van der Waals surface area contributed by atoms with Crippen molar-refractivity contribution >= 4 is 64.5 Å². The second-order valence-corrected chi connectivity index (χ2v) is 17.1. The number of imide groups is 1. The molecule has 2 aliphatic carbocycles. The topological polar surface area (TPSA) is 233 Å². The summed E-state index contributed by atoms with van der Waals surface area (Å²) in [7, 11) is 1.93. The molecule has 2 saturated carbocycles. The molecule has 316 valence electrons. The van der Waals surface area contributed by atoms with E-state index in [1.54, 1.807) is 17.8 Å². The molecule has 6 amide bonds. The van der Waals surface area contributed by atoms with E-state index in [-0.39, 0.29) is 74.7 Å². The van der Waals surface area contributed by atoms with Crippen molar-refractivity contribution < 1.29 is 33.9 Å². The maximum Gasteiger partial charge on any atom is 0.408 e. The summed E-state index contributed by atoms with van der Waals surface area (Å²) in [6.07, 6.45) is 9.98. The summed E-state index contributed by atoms with van der Waals surface area (Å²) in [6.45, 7) is 1.27.